The molecule has 2 atom stereocenters. The maximum atomic E-state index is 5.14. The van der Waals surface area contributed by atoms with Gasteiger partial charge in [0.05, 0.1) is 13.2 Å². The van der Waals surface area contributed by atoms with Crippen molar-refractivity contribution >= 4 is 5.71 Å². The monoisotopic (exact) mass is 163 g/mol. The number of allylic oxidation sites excluding steroid dienone is 1. The van der Waals surface area contributed by atoms with E-state index in [-0.39, 0.29) is 0 Å². The fraction of sp³-hybridized carbons (Fsp3) is 0.500. The van der Waals surface area contributed by atoms with Crippen molar-refractivity contribution in [1.82, 2.24) is 0 Å². The minimum atomic E-state index is 0.338. The molecule has 2 nitrogen and oxygen atoms in total. The van der Waals surface area contributed by atoms with Crippen molar-refractivity contribution in [1.29, 1.82) is 0 Å². The Morgan fingerprint density at radius 3 is 3.17 bits per heavy atom. The van der Waals surface area contributed by atoms with Gasteiger partial charge in [0.1, 0.15) is 5.76 Å². The summed E-state index contributed by atoms with van der Waals surface area (Å²) in [6.45, 7) is 2.09. The largest absolute Gasteiger partial charge is 0.497 e. The van der Waals surface area contributed by atoms with Gasteiger partial charge in [0, 0.05) is 11.6 Å². The lowest BCUT2D eigenvalue weighted by Crippen LogP contribution is -2.13. The summed E-state index contributed by atoms with van der Waals surface area (Å²) in [7, 11) is 1.70. The third-order valence-electron chi connectivity index (χ3n) is 2.42. The highest BCUT2D eigenvalue weighted by Gasteiger charge is 2.26. The molecule has 1 aliphatic carbocycles. The molecule has 0 aromatic rings. The van der Waals surface area contributed by atoms with Crippen LogP contribution >= 0.6 is 0 Å². The van der Waals surface area contributed by atoms with Gasteiger partial charge in [-0.2, -0.15) is 0 Å². The Morgan fingerprint density at radius 2 is 2.42 bits per heavy atom. The quantitative estimate of drug-likeness (QED) is 0.579. The normalized spacial score (nSPS) is 32.5. The Bertz CT molecular complexity index is 276. The van der Waals surface area contributed by atoms with Crippen molar-refractivity contribution in [2.75, 3.05) is 7.11 Å². The lowest BCUT2D eigenvalue weighted by Gasteiger charge is -2.15. The Kier molecular flexibility index (Phi) is 1.75. The number of methoxy groups -OCH3 is 1. The SMILES string of the molecule is COC1=CC2N=C(C)CC2C=C1. The molecule has 12 heavy (non-hydrogen) atoms. The first-order valence-electron chi connectivity index (χ1n) is 4.27. The molecule has 64 valence electrons. The van der Waals surface area contributed by atoms with E-state index in [4.69, 9.17) is 4.74 Å². The summed E-state index contributed by atoms with van der Waals surface area (Å²) >= 11 is 0. The number of aliphatic imine (C=N–C) groups is 1. The van der Waals surface area contributed by atoms with Crippen molar-refractivity contribution < 1.29 is 4.74 Å². The average Bonchev–Trinajstić information content (AvgIpc) is 2.43. The van der Waals surface area contributed by atoms with Crippen molar-refractivity contribution in [2.45, 2.75) is 19.4 Å². The van der Waals surface area contributed by atoms with Crippen molar-refractivity contribution in [3.8, 4) is 0 Å². The molecular weight excluding hydrogens is 150 g/mol. The second-order valence-corrected chi connectivity index (χ2v) is 3.36. The Labute approximate surface area is 72.6 Å². The van der Waals surface area contributed by atoms with E-state index in [2.05, 4.69) is 24.1 Å². The molecule has 0 N–H and O–H groups in total. The van der Waals surface area contributed by atoms with Gasteiger partial charge < -0.3 is 4.74 Å². The molecule has 0 bridgehead atoms. The highest BCUT2D eigenvalue weighted by molar-refractivity contribution is 5.84. The van der Waals surface area contributed by atoms with Crippen LogP contribution in [-0.4, -0.2) is 18.9 Å². The standard InChI is InChI=1S/C10H13NO/c1-7-5-8-3-4-9(12-2)6-10(8)11-7/h3-4,6,8,10H,5H2,1-2H3. The number of rotatable bonds is 1. The minimum absolute atomic E-state index is 0.338. The zero-order chi connectivity index (χ0) is 8.55. The van der Waals surface area contributed by atoms with Crippen LogP contribution in [0, 0.1) is 5.92 Å². The first kappa shape index (κ1) is 7.59. The van der Waals surface area contributed by atoms with Crippen LogP contribution in [0.25, 0.3) is 0 Å². The number of fused-ring (bicyclic) bond motifs is 1. The third-order valence-corrected chi connectivity index (χ3v) is 2.42. The Hall–Kier alpha value is -1.05. The summed E-state index contributed by atoms with van der Waals surface area (Å²) in [6, 6.07) is 0.338. The molecule has 2 rings (SSSR count). The van der Waals surface area contributed by atoms with Gasteiger partial charge >= 0.3 is 0 Å². The summed E-state index contributed by atoms with van der Waals surface area (Å²) in [5.74, 6) is 1.53. The van der Waals surface area contributed by atoms with Crippen LogP contribution in [0.4, 0.5) is 0 Å². The number of nitrogens with zero attached hydrogens (tertiary/aromatic N) is 1. The summed E-state index contributed by atoms with van der Waals surface area (Å²) in [5, 5.41) is 0. The fourth-order valence-electron chi connectivity index (χ4n) is 1.79. The van der Waals surface area contributed by atoms with Crippen molar-refractivity contribution in [2.24, 2.45) is 10.9 Å². The second-order valence-electron chi connectivity index (χ2n) is 3.36. The summed E-state index contributed by atoms with van der Waals surface area (Å²) < 4.78 is 5.14. The van der Waals surface area contributed by atoms with E-state index in [0.29, 0.717) is 12.0 Å². The average molecular weight is 163 g/mol. The van der Waals surface area contributed by atoms with Crippen LogP contribution < -0.4 is 0 Å². The van der Waals surface area contributed by atoms with E-state index in [9.17, 15) is 0 Å². The molecule has 0 aromatic heterocycles. The number of ether oxygens (including phenoxy) is 1. The van der Waals surface area contributed by atoms with E-state index in [1.165, 1.54) is 5.71 Å². The van der Waals surface area contributed by atoms with E-state index in [0.717, 1.165) is 12.2 Å². The van der Waals surface area contributed by atoms with Crippen LogP contribution in [0.2, 0.25) is 0 Å². The molecule has 1 heterocycles. The maximum absolute atomic E-state index is 5.14. The molecule has 0 aromatic carbocycles. The van der Waals surface area contributed by atoms with E-state index >= 15 is 0 Å². The van der Waals surface area contributed by atoms with E-state index in [1.807, 2.05) is 6.08 Å². The van der Waals surface area contributed by atoms with Gasteiger partial charge in [-0.1, -0.05) is 6.08 Å². The summed E-state index contributed by atoms with van der Waals surface area (Å²) in [4.78, 5) is 4.52. The Balaban J connectivity index is 2.21. The van der Waals surface area contributed by atoms with Gasteiger partial charge in [0.15, 0.2) is 0 Å². The molecule has 2 unspecified atom stereocenters. The van der Waals surface area contributed by atoms with Gasteiger partial charge in [0.25, 0.3) is 0 Å². The maximum Gasteiger partial charge on any atom is 0.116 e. The van der Waals surface area contributed by atoms with Crippen LogP contribution in [0.5, 0.6) is 0 Å². The molecule has 0 saturated heterocycles. The first-order valence-corrected chi connectivity index (χ1v) is 4.27. The first-order chi connectivity index (χ1) is 5.79. The molecule has 0 spiro atoms. The van der Waals surface area contributed by atoms with Crippen molar-refractivity contribution in [3.63, 3.8) is 0 Å². The topological polar surface area (TPSA) is 21.6 Å². The zero-order valence-corrected chi connectivity index (χ0v) is 7.45. The van der Waals surface area contributed by atoms with Crippen LogP contribution in [-0.2, 0) is 4.74 Å². The minimum Gasteiger partial charge on any atom is -0.497 e. The van der Waals surface area contributed by atoms with Crippen molar-refractivity contribution in [3.05, 3.63) is 24.0 Å². The van der Waals surface area contributed by atoms with Crippen LogP contribution in [0.1, 0.15) is 13.3 Å². The summed E-state index contributed by atoms with van der Waals surface area (Å²) in [6.07, 6.45) is 7.44. The molecular formula is C10H13NO. The van der Waals surface area contributed by atoms with E-state index in [1.54, 1.807) is 7.11 Å². The lowest BCUT2D eigenvalue weighted by atomic mass is 9.94. The second kappa shape index (κ2) is 2.77. The summed E-state index contributed by atoms with van der Waals surface area (Å²) in [5.41, 5.74) is 1.25. The van der Waals surface area contributed by atoms with Crippen LogP contribution in [0.3, 0.4) is 0 Å². The molecule has 0 amide bonds. The number of hydrogen-bond acceptors (Lipinski definition) is 2. The predicted octanol–water partition coefficient (Wildman–Crippen LogP) is 1.94. The lowest BCUT2D eigenvalue weighted by molar-refractivity contribution is 0.300. The predicted molar refractivity (Wildman–Crippen MR) is 49.2 cm³/mol. The highest BCUT2D eigenvalue weighted by atomic mass is 16.5. The molecule has 2 heteroatoms. The molecule has 0 fully saturated rings. The van der Waals surface area contributed by atoms with Gasteiger partial charge in [-0.05, 0) is 25.5 Å². The molecule has 0 radical (unpaired) electrons. The van der Waals surface area contributed by atoms with Crippen LogP contribution in [0.15, 0.2) is 29.0 Å². The van der Waals surface area contributed by atoms with Gasteiger partial charge in [-0.3, -0.25) is 4.99 Å². The number of hydrogen-bond donors (Lipinski definition) is 0. The third kappa shape index (κ3) is 1.17. The van der Waals surface area contributed by atoms with Gasteiger partial charge in [-0.15, -0.1) is 0 Å². The zero-order valence-electron chi connectivity index (χ0n) is 7.45. The van der Waals surface area contributed by atoms with Gasteiger partial charge in [-0.25, -0.2) is 0 Å². The molecule has 2 aliphatic rings. The van der Waals surface area contributed by atoms with Gasteiger partial charge in [0.2, 0.25) is 0 Å². The molecule has 1 aliphatic heterocycles. The van der Waals surface area contributed by atoms with E-state index < -0.39 is 0 Å². The highest BCUT2D eigenvalue weighted by Crippen LogP contribution is 2.28. The fourth-order valence-corrected chi connectivity index (χ4v) is 1.79. The smallest absolute Gasteiger partial charge is 0.116 e. The molecule has 0 saturated carbocycles. The Morgan fingerprint density at radius 1 is 1.58 bits per heavy atom.